The van der Waals surface area contributed by atoms with Gasteiger partial charge in [-0.2, -0.15) is 5.26 Å². The lowest BCUT2D eigenvalue weighted by Gasteiger charge is -2.09. The van der Waals surface area contributed by atoms with E-state index in [2.05, 4.69) is 59.2 Å². The third-order valence-corrected chi connectivity index (χ3v) is 5.64. The van der Waals surface area contributed by atoms with Crippen molar-refractivity contribution in [3.05, 3.63) is 78.4 Å². The normalized spacial score (nSPS) is 11.3. The zero-order valence-corrected chi connectivity index (χ0v) is 13.5. The van der Waals surface area contributed by atoms with Crippen LogP contribution in [0.2, 0.25) is 0 Å². The Labute approximate surface area is 142 Å². The Balaban J connectivity index is 2.08. The van der Waals surface area contributed by atoms with Crippen molar-refractivity contribution in [2.45, 2.75) is 0 Å². The predicted octanol–water partition coefficient (Wildman–Crippen LogP) is 5.87. The van der Waals surface area contributed by atoms with Gasteiger partial charge in [-0.25, -0.2) is 0 Å². The fourth-order valence-corrected chi connectivity index (χ4v) is 4.65. The Morgan fingerprint density at radius 3 is 2.38 bits per heavy atom. The fourth-order valence-electron chi connectivity index (χ4n) is 3.43. The number of aromatic nitrogens is 1. The zero-order chi connectivity index (χ0) is 16.1. The molecule has 0 saturated heterocycles. The third kappa shape index (κ3) is 1.69. The number of hydrogen-bond acceptors (Lipinski definition) is 2. The molecule has 0 aliphatic heterocycles. The van der Waals surface area contributed by atoms with E-state index in [0.717, 1.165) is 11.2 Å². The SMILES string of the molecule is N#Cc1ccccc1-n1c2ccccc2c2sc3ccccc3c21. The van der Waals surface area contributed by atoms with Crippen LogP contribution in [0.25, 0.3) is 36.9 Å². The molecule has 3 heteroatoms. The van der Waals surface area contributed by atoms with Gasteiger partial charge in [-0.15, -0.1) is 11.3 Å². The lowest BCUT2D eigenvalue weighted by Crippen LogP contribution is -1.96. The minimum absolute atomic E-state index is 0.690. The molecule has 5 rings (SSSR count). The van der Waals surface area contributed by atoms with Gasteiger partial charge in [0.1, 0.15) is 6.07 Å². The maximum Gasteiger partial charge on any atom is 0.101 e. The standard InChI is InChI=1S/C21H12N2S/c22-13-14-7-1-4-10-17(14)23-18-11-5-2-8-15(18)21-20(23)16-9-3-6-12-19(16)24-21/h1-12H. The Morgan fingerprint density at radius 1 is 0.792 bits per heavy atom. The molecule has 3 aromatic carbocycles. The molecule has 0 atom stereocenters. The molecule has 0 radical (unpaired) electrons. The van der Waals surface area contributed by atoms with Crippen molar-refractivity contribution in [2.75, 3.05) is 0 Å². The van der Waals surface area contributed by atoms with E-state index >= 15 is 0 Å². The number of rotatable bonds is 1. The fraction of sp³-hybridized carbons (Fsp3) is 0. The number of hydrogen-bond donors (Lipinski definition) is 0. The highest BCUT2D eigenvalue weighted by Crippen LogP contribution is 2.42. The summed E-state index contributed by atoms with van der Waals surface area (Å²) in [6.45, 7) is 0. The van der Waals surface area contributed by atoms with Gasteiger partial charge in [0.15, 0.2) is 0 Å². The quantitative estimate of drug-likeness (QED) is 0.379. The number of fused-ring (bicyclic) bond motifs is 5. The van der Waals surface area contributed by atoms with Crippen molar-refractivity contribution in [1.82, 2.24) is 4.57 Å². The molecule has 2 aromatic heterocycles. The third-order valence-electron chi connectivity index (χ3n) is 4.45. The number of nitriles is 1. The van der Waals surface area contributed by atoms with Gasteiger partial charge in [-0.05, 0) is 24.3 Å². The molecular formula is C21H12N2S. The van der Waals surface area contributed by atoms with Crippen LogP contribution in [-0.2, 0) is 0 Å². The molecule has 0 amide bonds. The minimum atomic E-state index is 0.690. The summed E-state index contributed by atoms with van der Waals surface area (Å²) < 4.78 is 4.79. The smallest absolute Gasteiger partial charge is 0.101 e. The highest BCUT2D eigenvalue weighted by atomic mass is 32.1. The molecule has 0 unspecified atom stereocenters. The first-order valence-corrected chi connectivity index (χ1v) is 8.60. The Hall–Kier alpha value is -3.09. The summed E-state index contributed by atoms with van der Waals surface area (Å²) in [7, 11) is 0. The van der Waals surface area contributed by atoms with Crippen molar-refractivity contribution in [3.8, 4) is 11.8 Å². The van der Waals surface area contributed by atoms with E-state index in [-0.39, 0.29) is 0 Å². The lowest BCUT2D eigenvalue weighted by molar-refractivity contribution is 1.17. The Kier molecular flexibility index (Phi) is 2.76. The summed E-state index contributed by atoms with van der Waals surface area (Å²) in [4.78, 5) is 0. The summed E-state index contributed by atoms with van der Waals surface area (Å²) in [5.41, 5.74) is 3.97. The monoisotopic (exact) mass is 324 g/mol. The molecule has 0 fully saturated rings. The molecule has 112 valence electrons. The van der Waals surface area contributed by atoms with Gasteiger partial charge in [-0.1, -0.05) is 48.5 Å². The van der Waals surface area contributed by atoms with Crippen molar-refractivity contribution < 1.29 is 0 Å². The second-order valence-corrected chi connectivity index (χ2v) is 6.81. The Bertz CT molecular complexity index is 1260. The number of nitrogens with zero attached hydrogens (tertiary/aromatic N) is 2. The van der Waals surface area contributed by atoms with E-state index in [1.165, 1.54) is 25.7 Å². The largest absolute Gasteiger partial charge is 0.306 e. The average molecular weight is 324 g/mol. The summed E-state index contributed by atoms with van der Waals surface area (Å²) in [6, 6.07) is 27.1. The first-order chi connectivity index (χ1) is 11.9. The summed E-state index contributed by atoms with van der Waals surface area (Å²) in [5, 5.41) is 12.0. The number of thiophene rings is 1. The molecule has 0 saturated carbocycles. The summed E-state index contributed by atoms with van der Waals surface area (Å²) in [5.74, 6) is 0. The molecule has 5 aromatic rings. The van der Waals surface area contributed by atoms with Crippen LogP contribution in [0.5, 0.6) is 0 Å². The van der Waals surface area contributed by atoms with Crippen LogP contribution in [0.1, 0.15) is 5.56 Å². The molecule has 0 aliphatic rings. The van der Waals surface area contributed by atoms with Crippen LogP contribution in [0, 0.1) is 11.3 Å². The Morgan fingerprint density at radius 2 is 1.50 bits per heavy atom. The van der Waals surface area contributed by atoms with E-state index in [1.807, 2.05) is 35.6 Å². The highest BCUT2D eigenvalue weighted by Gasteiger charge is 2.18. The van der Waals surface area contributed by atoms with Gasteiger partial charge in [0, 0.05) is 15.5 Å². The predicted molar refractivity (Wildman–Crippen MR) is 101 cm³/mol. The van der Waals surface area contributed by atoms with Crippen molar-refractivity contribution in [2.24, 2.45) is 0 Å². The number of para-hydroxylation sites is 2. The van der Waals surface area contributed by atoms with Crippen LogP contribution in [0.3, 0.4) is 0 Å². The summed E-state index contributed by atoms with van der Waals surface area (Å²) in [6.07, 6.45) is 0. The zero-order valence-electron chi connectivity index (χ0n) is 12.7. The topological polar surface area (TPSA) is 28.7 Å². The first kappa shape index (κ1) is 13.4. The van der Waals surface area contributed by atoms with Crippen molar-refractivity contribution in [1.29, 1.82) is 5.26 Å². The van der Waals surface area contributed by atoms with E-state index < -0.39 is 0 Å². The molecule has 0 N–H and O–H groups in total. The molecule has 24 heavy (non-hydrogen) atoms. The average Bonchev–Trinajstić information content (AvgIpc) is 3.16. The van der Waals surface area contributed by atoms with E-state index in [1.54, 1.807) is 0 Å². The van der Waals surface area contributed by atoms with Gasteiger partial charge in [0.05, 0.1) is 27.0 Å². The highest BCUT2D eigenvalue weighted by molar-refractivity contribution is 7.26. The van der Waals surface area contributed by atoms with Gasteiger partial charge < -0.3 is 4.57 Å². The minimum Gasteiger partial charge on any atom is -0.306 e. The second kappa shape index (κ2) is 4.95. The van der Waals surface area contributed by atoms with E-state index in [9.17, 15) is 5.26 Å². The second-order valence-electron chi connectivity index (χ2n) is 5.76. The molecule has 0 bridgehead atoms. The first-order valence-electron chi connectivity index (χ1n) is 7.78. The van der Waals surface area contributed by atoms with Gasteiger partial charge in [0.2, 0.25) is 0 Å². The summed E-state index contributed by atoms with van der Waals surface area (Å²) >= 11 is 1.82. The van der Waals surface area contributed by atoms with E-state index in [4.69, 9.17) is 0 Å². The van der Waals surface area contributed by atoms with Crippen LogP contribution >= 0.6 is 11.3 Å². The van der Waals surface area contributed by atoms with Crippen molar-refractivity contribution in [3.63, 3.8) is 0 Å². The van der Waals surface area contributed by atoms with Crippen molar-refractivity contribution >= 4 is 42.5 Å². The van der Waals surface area contributed by atoms with Crippen LogP contribution in [-0.4, -0.2) is 4.57 Å². The van der Waals surface area contributed by atoms with Gasteiger partial charge >= 0.3 is 0 Å². The van der Waals surface area contributed by atoms with Crippen LogP contribution < -0.4 is 0 Å². The van der Waals surface area contributed by atoms with E-state index in [0.29, 0.717) is 5.56 Å². The number of benzene rings is 3. The molecule has 0 spiro atoms. The maximum absolute atomic E-state index is 9.56. The molecule has 0 aliphatic carbocycles. The van der Waals surface area contributed by atoms with Gasteiger partial charge in [0.25, 0.3) is 0 Å². The molecule has 2 nitrogen and oxygen atoms in total. The molecular weight excluding hydrogens is 312 g/mol. The van der Waals surface area contributed by atoms with Gasteiger partial charge in [-0.3, -0.25) is 0 Å². The lowest BCUT2D eigenvalue weighted by atomic mass is 10.2. The molecule has 2 heterocycles. The van der Waals surface area contributed by atoms with Crippen LogP contribution in [0.15, 0.2) is 72.8 Å². The van der Waals surface area contributed by atoms with Crippen LogP contribution in [0.4, 0.5) is 0 Å². The maximum atomic E-state index is 9.56.